The maximum Gasteiger partial charge on any atom is 0.250 e. The van der Waals surface area contributed by atoms with Gasteiger partial charge in [-0.1, -0.05) is 0 Å². The van der Waals surface area contributed by atoms with E-state index in [4.69, 9.17) is 5.73 Å². The van der Waals surface area contributed by atoms with Gasteiger partial charge in [0.2, 0.25) is 5.91 Å². The summed E-state index contributed by atoms with van der Waals surface area (Å²) in [4.78, 5) is 22.7. The molecule has 0 spiro atoms. The molecule has 17 heavy (non-hydrogen) atoms. The van der Waals surface area contributed by atoms with Crippen molar-refractivity contribution in [3.8, 4) is 0 Å². The lowest BCUT2D eigenvalue weighted by Crippen LogP contribution is -2.20. The molecule has 0 aromatic carbocycles. The van der Waals surface area contributed by atoms with Crippen LogP contribution in [-0.4, -0.2) is 17.0 Å². The molecule has 3 N–H and O–H groups in total. The summed E-state index contributed by atoms with van der Waals surface area (Å²) in [6, 6.07) is 3.05. The van der Waals surface area contributed by atoms with Crippen molar-refractivity contribution >= 4 is 24.0 Å². The first kappa shape index (κ1) is 15.7. The van der Waals surface area contributed by atoms with E-state index in [1.165, 1.54) is 6.07 Å². The largest absolute Gasteiger partial charge is 0.330 e. The van der Waals surface area contributed by atoms with Crippen LogP contribution >= 0.6 is 12.4 Å². The monoisotopic (exact) mass is 259 g/mol. The number of amides is 1. The van der Waals surface area contributed by atoms with Gasteiger partial charge < -0.3 is 15.6 Å². The second-order valence-corrected chi connectivity index (χ2v) is 3.48. The second kappa shape index (κ2) is 7.86. The van der Waals surface area contributed by atoms with Crippen LogP contribution in [0.2, 0.25) is 0 Å². The number of halogens is 1. The summed E-state index contributed by atoms with van der Waals surface area (Å²) in [5, 5.41) is 2.72. The van der Waals surface area contributed by atoms with E-state index >= 15 is 0 Å². The van der Waals surface area contributed by atoms with Crippen LogP contribution in [0.25, 0.3) is 0 Å². The normalized spacial score (nSPS) is 9.53. The van der Waals surface area contributed by atoms with Crippen LogP contribution in [0.1, 0.15) is 19.8 Å². The van der Waals surface area contributed by atoms with E-state index in [1.807, 2.05) is 6.92 Å². The van der Waals surface area contributed by atoms with Gasteiger partial charge in [-0.2, -0.15) is 0 Å². The third kappa shape index (κ3) is 5.01. The molecule has 0 saturated carbocycles. The lowest BCUT2D eigenvalue weighted by atomic mass is 10.3. The number of nitrogens with zero attached hydrogens (tertiary/aromatic N) is 1. The molecule has 0 aliphatic heterocycles. The van der Waals surface area contributed by atoms with Gasteiger partial charge in [-0.15, -0.1) is 12.4 Å². The Kier molecular flexibility index (Phi) is 7.25. The number of nitrogens with one attached hydrogen (secondary N) is 1. The highest BCUT2D eigenvalue weighted by atomic mass is 35.5. The van der Waals surface area contributed by atoms with Gasteiger partial charge in [0.1, 0.15) is 0 Å². The van der Waals surface area contributed by atoms with Crippen molar-refractivity contribution in [3.63, 3.8) is 0 Å². The molecule has 1 rings (SSSR count). The maximum atomic E-state index is 11.4. The molecule has 1 heterocycles. The zero-order valence-corrected chi connectivity index (χ0v) is 10.6. The summed E-state index contributed by atoms with van der Waals surface area (Å²) in [5.41, 5.74) is 5.89. The third-order valence-corrected chi connectivity index (χ3v) is 2.22. The van der Waals surface area contributed by atoms with E-state index in [-0.39, 0.29) is 23.9 Å². The van der Waals surface area contributed by atoms with Gasteiger partial charge in [0, 0.05) is 25.2 Å². The zero-order chi connectivity index (χ0) is 12.0. The predicted octanol–water partition coefficient (Wildman–Crippen LogP) is 0.967. The highest BCUT2D eigenvalue weighted by Crippen LogP contribution is 2.04. The number of hydrogen-bond donors (Lipinski definition) is 2. The maximum absolute atomic E-state index is 11.4. The van der Waals surface area contributed by atoms with Gasteiger partial charge in [0.05, 0.1) is 5.69 Å². The number of aryl methyl sites for hydroxylation is 1. The van der Waals surface area contributed by atoms with Crippen molar-refractivity contribution < 1.29 is 4.79 Å². The average molecular weight is 260 g/mol. The standard InChI is InChI=1S/C11H17N3O2.ClH/c1-2-14-8-9(5-6-11(14)16)13-10(15)4-3-7-12;/h5-6,8H,2-4,7,12H2,1H3,(H,13,15);1H. The molecule has 96 valence electrons. The number of carbonyl (C=O) groups excluding carboxylic acids is 1. The smallest absolute Gasteiger partial charge is 0.250 e. The van der Waals surface area contributed by atoms with Gasteiger partial charge in [0.25, 0.3) is 5.56 Å². The van der Waals surface area contributed by atoms with Crippen molar-refractivity contribution in [1.29, 1.82) is 0 Å². The fourth-order valence-electron chi connectivity index (χ4n) is 1.34. The van der Waals surface area contributed by atoms with E-state index < -0.39 is 0 Å². The van der Waals surface area contributed by atoms with Crippen LogP contribution in [0, 0.1) is 0 Å². The molecule has 1 amide bonds. The van der Waals surface area contributed by atoms with Gasteiger partial charge >= 0.3 is 0 Å². The Morgan fingerprint density at radius 1 is 1.47 bits per heavy atom. The van der Waals surface area contributed by atoms with E-state index in [2.05, 4.69) is 5.32 Å². The lowest BCUT2D eigenvalue weighted by Gasteiger charge is -2.07. The van der Waals surface area contributed by atoms with Crippen molar-refractivity contribution in [3.05, 3.63) is 28.7 Å². The lowest BCUT2D eigenvalue weighted by molar-refractivity contribution is -0.116. The summed E-state index contributed by atoms with van der Waals surface area (Å²) in [6.07, 6.45) is 2.71. The van der Waals surface area contributed by atoms with Crippen molar-refractivity contribution in [1.82, 2.24) is 4.57 Å². The van der Waals surface area contributed by atoms with E-state index in [9.17, 15) is 9.59 Å². The minimum Gasteiger partial charge on any atom is -0.330 e. The summed E-state index contributed by atoms with van der Waals surface area (Å²) in [7, 11) is 0. The highest BCUT2D eigenvalue weighted by Gasteiger charge is 2.02. The van der Waals surface area contributed by atoms with E-state index in [0.717, 1.165) is 0 Å². The number of pyridine rings is 1. The highest BCUT2D eigenvalue weighted by molar-refractivity contribution is 5.90. The first-order valence-electron chi connectivity index (χ1n) is 5.37. The number of rotatable bonds is 5. The topological polar surface area (TPSA) is 77.1 Å². The van der Waals surface area contributed by atoms with Crippen molar-refractivity contribution in [2.45, 2.75) is 26.3 Å². The van der Waals surface area contributed by atoms with E-state index in [1.54, 1.807) is 16.8 Å². The molecule has 5 nitrogen and oxygen atoms in total. The van der Waals surface area contributed by atoms with Crippen LogP contribution in [-0.2, 0) is 11.3 Å². The molecule has 0 saturated heterocycles. The minimum absolute atomic E-state index is 0. The third-order valence-electron chi connectivity index (χ3n) is 2.22. The summed E-state index contributed by atoms with van der Waals surface area (Å²) >= 11 is 0. The molecule has 0 unspecified atom stereocenters. The van der Waals surface area contributed by atoms with Gasteiger partial charge in [-0.25, -0.2) is 0 Å². The van der Waals surface area contributed by atoms with Gasteiger partial charge in [-0.05, 0) is 26.0 Å². The molecule has 6 heteroatoms. The SMILES string of the molecule is CCn1cc(NC(=O)CCCN)ccc1=O.Cl. The Morgan fingerprint density at radius 2 is 2.18 bits per heavy atom. The molecular weight excluding hydrogens is 242 g/mol. The molecule has 0 fully saturated rings. The van der Waals surface area contributed by atoms with Crippen LogP contribution in [0.4, 0.5) is 5.69 Å². The summed E-state index contributed by atoms with van der Waals surface area (Å²) in [5.74, 6) is -0.0771. The number of anilines is 1. The number of aromatic nitrogens is 1. The van der Waals surface area contributed by atoms with Crippen molar-refractivity contribution in [2.24, 2.45) is 5.73 Å². The fraction of sp³-hybridized carbons (Fsp3) is 0.455. The Balaban J connectivity index is 0.00000256. The van der Waals surface area contributed by atoms with Gasteiger partial charge in [-0.3, -0.25) is 9.59 Å². The molecule has 0 atom stereocenters. The number of hydrogen-bond acceptors (Lipinski definition) is 3. The molecule has 0 aliphatic rings. The number of nitrogens with two attached hydrogens (primary N) is 1. The van der Waals surface area contributed by atoms with Gasteiger partial charge in [0.15, 0.2) is 0 Å². The Morgan fingerprint density at radius 3 is 2.76 bits per heavy atom. The molecule has 0 bridgehead atoms. The minimum atomic E-state index is -0.0771. The molecule has 1 aromatic rings. The van der Waals surface area contributed by atoms with Crippen molar-refractivity contribution in [2.75, 3.05) is 11.9 Å². The first-order chi connectivity index (χ1) is 7.67. The first-order valence-corrected chi connectivity index (χ1v) is 5.37. The average Bonchev–Trinajstić information content (AvgIpc) is 2.29. The Labute approximate surface area is 106 Å². The second-order valence-electron chi connectivity index (χ2n) is 3.48. The zero-order valence-electron chi connectivity index (χ0n) is 9.81. The van der Waals surface area contributed by atoms with Crippen LogP contribution in [0.15, 0.2) is 23.1 Å². The quantitative estimate of drug-likeness (QED) is 0.827. The Hall–Kier alpha value is -1.33. The molecule has 1 aromatic heterocycles. The number of carbonyl (C=O) groups is 1. The van der Waals surface area contributed by atoms with Crippen LogP contribution < -0.4 is 16.6 Å². The summed E-state index contributed by atoms with van der Waals surface area (Å²) < 4.78 is 1.54. The predicted molar refractivity (Wildman–Crippen MR) is 70.5 cm³/mol. The van der Waals surface area contributed by atoms with Crippen LogP contribution in [0.3, 0.4) is 0 Å². The Bertz CT molecular complexity index is 417. The molecular formula is C11H18ClN3O2. The fourth-order valence-corrected chi connectivity index (χ4v) is 1.34. The van der Waals surface area contributed by atoms with Crippen LogP contribution in [0.5, 0.6) is 0 Å². The molecule has 0 radical (unpaired) electrons. The molecule has 0 aliphatic carbocycles. The van der Waals surface area contributed by atoms with E-state index in [0.29, 0.717) is 31.6 Å². The summed E-state index contributed by atoms with van der Waals surface area (Å²) in [6.45, 7) is 2.97.